The number of aliphatic carboxylic acids is 2. The smallest absolute Gasteiger partial charge is 0.810 e. The van der Waals surface area contributed by atoms with Crippen molar-refractivity contribution in [3.05, 3.63) is 0 Å². The third-order valence-electron chi connectivity index (χ3n) is 2.08. The predicted molar refractivity (Wildman–Crippen MR) is 60.2 cm³/mol. The zero-order valence-corrected chi connectivity index (χ0v) is 14.2. The van der Waals surface area contributed by atoms with E-state index in [9.17, 15) is 24.7 Å². The van der Waals surface area contributed by atoms with Crippen molar-refractivity contribution in [2.75, 3.05) is 6.16 Å². The molecule has 0 saturated heterocycles. The van der Waals surface area contributed by atoms with Gasteiger partial charge in [0.05, 0.1) is 12.0 Å². The summed E-state index contributed by atoms with van der Waals surface area (Å²) in [5.41, 5.74) is 0. The number of hydrogen-bond donors (Lipinski definition) is 1. The van der Waals surface area contributed by atoms with E-state index in [1.54, 1.807) is 0 Å². The Morgan fingerprint density at radius 2 is 1.75 bits per heavy atom. The second-order valence-electron chi connectivity index (χ2n) is 3.66. The van der Waals surface area contributed by atoms with Crippen LogP contribution in [0, 0.1) is 0 Å². The van der Waals surface area contributed by atoms with E-state index in [1.807, 2.05) is 6.92 Å². The van der Waals surface area contributed by atoms with Gasteiger partial charge in [0.15, 0.2) is 0 Å². The molecule has 0 bridgehead atoms. The van der Waals surface area contributed by atoms with Gasteiger partial charge in [-0.2, -0.15) is 0 Å². The van der Waals surface area contributed by atoms with Crippen LogP contribution in [-0.2, 0) is 21.4 Å². The first-order valence-electron chi connectivity index (χ1n) is 5.27. The van der Waals surface area contributed by atoms with Crippen molar-refractivity contribution in [3.8, 4) is 0 Å². The van der Waals surface area contributed by atoms with Crippen LogP contribution in [0.15, 0.2) is 0 Å². The van der Waals surface area contributed by atoms with Crippen LogP contribution in [0.2, 0.25) is 0 Å². The SMILES string of the molecule is CCCCP([O-])(=S)N[C@@H](CCC(=O)[O-])C(=O)[O-].[Li+].[Li+].[Li+]. The molecule has 0 heterocycles. The normalized spacial score (nSPS) is 13.7. The molecule has 0 radical (unpaired) electrons. The Labute approximate surface area is 160 Å². The fraction of sp³-hybridized carbons (Fsp3) is 0.778. The third-order valence-corrected chi connectivity index (χ3v) is 4.55. The van der Waals surface area contributed by atoms with E-state index in [2.05, 4.69) is 5.09 Å². The summed E-state index contributed by atoms with van der Waals surface area (Å²) < 4.78 is 0. The van der Waals surface area contributed by atoms with E-state index >= 15 is 0 Å². The summed E-state index contributed by atoms with van der Waals surface area (Å²) in [5.74, 6) is -2.88. The topological polar surface area (TPSA) is 115 Å². The van der Waals surface area contributed by atoms with Gasteiger partial charge in [0.2, 0.25) is 0 Å². The minimum absolute atomic E-state index is 0. The van der Waals surface area contributed by atoms with Gasteiger partial charge in [-0.25, -0.2) is 0 Å². The van der Waals surface area contributed by atoms with E-state index in [4.69, 9.17) is 11.8 Å². The van der Waals surface area contributed by atoms with E-state index in [0.717, 1.165) is 6.42 Å². The summed E-state index contributed by atoms with van der Waals surface area (Å²) in [5, 5.41) is 23.2. The van der Waals surface area contributed by atoms with Gasteiger partial charge < -0.3 is 24.7 Å². The Hall–Kier alpha value is 1.30. The van der Waals surface area contributed by atoms with Crippen LogP contribution in [-0.4, -0.2) is 24.1 Å². The number of unbranched alkanes of at least 4 members (excludes halogenated alkanes) is 1. The molecule has 6 nitrogen and oxygen atoms in total. The summed E-state index contributed by atoms with van der Waals surface area (Å²) in [7, 11) is 0. The van der Waals surface area contributed by atoms with Crippen molar-refractivity contribution >= 4 is 30.2 Å². The molecule has 0 aliphatic rings. The van der Waals surface area contributed by atoms with Gasteiger partial charge >= 0.3 is 56.6 Å². The Morgan fingerprint density at radius 3 is 2.10 bits per heavy atom. The fourth-order valence-electron chi connectivity index (χ4n) is 1.17. The standard InChI is InChI=1S/C9H18NO5PS.3Li/c1-2-3-6-16(15,17)10-7(9(13)14)4-5-8(11)12;;;/h7H,2-6H2,1H3,(H,11,12)(H,13,14)(H2,10,15,17);;;/q;3*+1/p-3/t7-,16?;;;/m0.../s1. The number of nitrogens with one attached hydrogen (secondary N) is 1. The molecule has 100 valence electrons. The molecule has 20 heavy (non-hydrogen) atoms. The van der Waals surface area contributed by atoms with Crippen molar-refractivity contribution in [2.24, 2.45) is 0 Å². The largest absolute Gasteiger partial charge is 1.00 e. The van der Waals surface area contributed by atoms with Crippen LogP contribution >= 0.6 is 6.42 Å². The van der Waals surface area contributed by atoms with E-state index in [1.165, 1.54) is 0 Å². The van der Waals surface area contributed by atoms with Crippen LogP contribution in [0.1, 0.15) is 32.6 Å². The fourth-order valence-corrected chi connectivity index (χ4v) is 3.51. The average molecular weight is 301 g/mol. The minimum Gasteiger partial charge on any atom is -0.810 e. The molecule has 0 rings (SSSR count). The first kappa shape index (κ1) is 29.3. The molecule has 0 aromatic carbocycles. The van der Waals surface area contributed by atoms with Crippen molar-refractivity contribution in [1.29, 1.82) is 0 Å². The number of carboxylic acids is 2. The van der Waals surface area contributed by atoms with Gasteiger partial charge in [-0.3, -0.25) is 5.09 Å². The van der Waals surface area contributed by atoms with Gasteiger partial charge in [-0.1, -0.05) is 31.6 Å². The van der Waals surface area contributed by atoms with Crippen LogP contribution in [0.3, 0.4) is 0 Å². The molecule has 1 unspecified atom stereocenters. The number of carbonyl (C=O) groups is 2. The molecule has 2 atom stereocenters. The average Bonchev–Trinajstić information content (AvgIpc) is 2.20. The van der Waals surface area contributed by atoms with E-state index in [-0.39, 0.29) is 69.2 Å². The maximum absolute atomic E-state index is 11.8. The summed E-state index contributed by atoms with van der Waals surface area (Å²) in [6.45, 7) is 1.89. The van der Waals surface area contributed by atoms with Crippen LogP contribution < -0.4 is 76.8 Å². The second kappa shape index (κ2) is 15.2. The van der Waals surface area contributed by atoms with Crippen molar-refractivity contribution in [3.63, 3.8) is 0 Å². The molecule has 0 aromatic rings. The molecule has 0 saturated carbocycles. The second-order valence-corrected chi connectivity index (χ2v) is 7.48. The molecule has 1 N–H and O–H groups in total. The molecule has 0 aliphatic carbocycles. The summed E-state index contributed by atoms with van der Waals surface area (Å²) in [6.07, 6.45) is -2.27. The summed E-state index contributed by atoms with van der Waals surface area (Å²) >= 11 is 4.77. The number of carboxylic acid groups (broad SMARTS) is 2. The first-order chi connectivity index (χ1) is 7.78. The Bertz CT molecular complexity index is 335. The molecule has 0 spiro atoms. The van der Waals surface area contributed by atoms with Gasteiger partial charge in [-0.05, 0) is 25.4 Å². The zero-order chi connectivity index (χ0) is 13.5. The van der Waals surface area contributed by atoms with Gasteiger partial charge in [-0.15, -0.1) is 0 Å². The van der Waals surface area contributed by atoms with Crippen LogP contribution in [0.5, 0.6) is 0 Å². The number of carbonyl (C=O) groups excluding carboxylic acids is 2. The number of rotatable bonds is 9. The first-order valence-corrected chi connectivity index (χ1v) is 8.17. The van der Waals surface area contributed by atoms with Crippen LogP contribution in [0.25, 0.3) is 0 Å². The maximum atomic E-state index is 11.8. The molecule has 0 fully saturated rings. The van der Waals surface area contributed by atoms with Crippen molar-refractivity contribution in [2.45, 2.75) is 38.6 Å². The molecular formula is C9H15Li3NO5PS. The Morgan fingerprint density at radius 1 is 1.25 bits per heavy atom. The van der Waals surface area contributed by atoms with Crippen molar-refractivity contribution < 1.29 is 81.3 Å². The zero-order valence-electron chi connectivity index (χ0n) is 12.5. The molecule has 0 aromatic heterocycles. The molecule has 11 heteroatoms. The van der Waals surface area contributed by atoms with Gasteiger partial charge in [0, 0.05) is 5.97 Å². The quantitative estimate of drug-likeness (QED) is 0.332. The van der Waals surface area contributed by atoms with Gasteiger partial charge in [0.1, 0.15) is 0 Å². The minimum atomic E-state index is -3.18. The Kier molecular flexibility index (Phi) is 22.3. The maximum Gasteiger partial charge on any atom is 1.00 e. The Balaban J connectivity index is -0.000000427. The van der Waals surface area contributed by atoms with Crippen molar-refractivity contribution in [1.82, 2.24) is 5.09 Å². The molecule has 0 amide bonds. The summed E-state index contributed by atoms with van der Waals surface area (Å²) in [6, 6.07) is -1.31. The molecule has 0 aliphatic heterocycles. The van der Waals surface area contributed by atoms with Gasteiger partial charge in [0.25, 0.3) is 0 Å². The van der Waals surface area contributed by atoms with E-state index in [0.29, 0.717) is 6.42 Å². The third kappa shape index (κ3) is 15.7. The monoisotopic (exact) mass is 301 g/mol. The predicted octanol–water partition coefficient (Wildman–Crippen LogP) is -11.3. The van der Waals surface area contributed by atoms with E-state index < -0.39 is 30.8 Å². The van der Waals surface area contributed by atoms with Crippen LogP contribution in [0.4, 0.5) is 0 Å². The summed E-state index contributed by atoms with van der Waals surface area (Å²) in [4.78, 5) is 32.7. The molecular weight excluding hydrogens is 286 g/mol. The number of hydrogen-bond acceptors (Lipinski definition) is 6.